The third-order valence-corrected chi connectivity index (χ3v) is 5.01. The number of benzene rings is 1. The molecule has 0 aliphatic rings. The summed E-state index contributed by atoms with van der Waals surface area (Å²) < 4.78 is 27.6. The van der Waals surface area contributed by atoms with Gasteiger partial charge in [-0.25, -0.2) is 13.1 Å². The van der Waals surface area contributed by atoms with Crippen molar-refractivity contribution in [3.8, 4) is 0 Å². The lowest BCUT2D eigenvalue weighted by Gasteiger charge is -2.05. The number of fused-ring (bicyclic) bond motifs is 1. The zero-order valence-corrected chi connectivity index (χ0v) is 12.4. The van der Waals surface area contributed by atoms with Gasteiger partial charge in [-0.3, -0.25) is 0 Å². The Kier molecular flexibility index (Phi) is 3.96. The number of aryl methyl sites for hydroxylation is 1. The quantitative estimate of drug-likeness (QED) is 0.910. The molecule has 0 aliphatic heterocycles. The smallest absolute Gasteiger partial charge is 0.211 e. The van der Waals surface area contributed by atoms with E-state index in [4.69, 9.17) is 0 Å². The maximum Gasteiger partial charge on any atom is 0.211 e. The van der Waals surface area contributed by atoms with Gasteiger partial charge >= 0.3 is 0 Å². The fraction of sp³-hybridized carbons (Fsp3) is 0.429. The molecule has 104 valence electrons. The van der Waals surface area contributed by atoms with Gasteiger partial charge in [0, 0.05) is 30.2 Å². The summed E-state index contributed by atoms with van der Waals surface area (Å²) in [5.74, 6) is 0.127. The van der Waals surface area contributed by atoms with Crippen LogP contribution in [0, 0.1) is 6.92 Å². The van der Waals surface area contributed by atoms with Crippen molar-refractivity contribution in [3.05, 3.63) is 35.5 Å². The molecular formula is C14H20N2O2S. The Morgan fingerprint density at radius 3 is 2.63 bits per heavy atom. The molecule has 1 N–H and O–H groups in total. The van der Waals surface area contributed by atoms with Crippen LogP contribution >= 0.6 is 0 Å². The second kappa shape index (κ2) is 5.35. The van der Waals surface area contributed by atoms with Crippen LogP contribution in [-0.4, -0.2) is 25.3 Å². The molecule has 0 atom stereocenters. The maximum absolute atomic E-state index is 11.4. The summed E-state index contributed by atoms with van der Waals surface area (Å²) in [5.41, 5.74) is 3.60. The lowest BCUT2D eigenvalue weighted by molar-refractivity contribution is 0.583. The van der Waals surface area contributed by atoms with E-state index < -0.39 is 10.0 Å². The number of nitrogens with zero attached hydrogens (tertiary/aromatic N) is 1. The molecule has 0 unspecified atom stereocenters. The number of aromatic nitrogens is 1. The molecule has 0 amide bonds. The SMILES string of the molecule is CCS(=O)(=O)NCCc1c(C)n(C)c2ccccc12. The largest absolute Gasteiger partial charge is 0.348 e. The average molecular weight is 280 g/mol. The van der Waals surface area contributed by atoms with E-state index in [1.165, 1.54) is 22.2 Å². The normalized spacial score (nSPS) is 12.2. The molecule has 1 aromatic carbocycles. The Bertz CT molecular complexity index is 687. The van der Waals surface area contributed by atoms with Gasteiger partial charge in [-0.15, -0.1) is 0 Å². The van der Waals surface area contributed by atoms with E-state index in [2.05, 4.69) is 28.3 Å². The summed E-state index contributed by atoms with van der Waals surface area (Å²) >= 11 is 0. The molecule has 4 nitrogen and oxygen atoms in total. The summed E-state index contributed by atoms with van der Waals surface area (Å²) in [6.07, 6.45) is 0.715. The Labute approximate surface area is 114 Å². The number of hydrogen-bond acceptors (Lipinski definition) is 2. The monoisotopic (exact) mass is 280 g/mol. The summed E-state index contributed by atoms with van der Waals surface area (Å²) in [6, 6.07) is 8.21. The Hall–Kier alpha value is -1.33. The zero-order valence-electron chi connectivity index (χ0n) is 11.6. The van der Waals surface area contributed by atoms with E-state index in [9.17, 15) is 8.42 Å². The molecule has 0 fully saturated rings. The molecular weight excluding hydrogens is 260 g/mol. The molecule has 19 heavy (non-hydrogen) atoms. The number of sulfonamides is 1. The second-order valence-electron chi connectivity index (χ2n) is 4.69. The van der Waals surface area contributed by atoms with Crippen LogP contribution in [0.3, 0.4) is 0 Å². The maximum atomic E-state index is 11.4. The highest BCUT2D eigenvalue weighted by atomic mass is 32.2. The van der Waals surface area contributed by atoms with E-state index >= 15 is 0 Å². The lowest BCUT2D eigenvalue weighted by Crippen LogP contribution is -2.27. The standard InChI is InChI=1S/C14H20N2O2S/c1-4-19(17,18)15-10-9-12-11(2)16(3)14-8-6-5-7-13(12)14/h5-8,15H,4,9-10H2,1-3H3. The third-order valence-electron chi connectivity index (χ3n) is 3.61. The molecule has 1 aromatic heterocycles. The van der Waals surface area contributed by atoms with Crippen molar-refractivity contribution in [3.63, 3.8) is 0 Å². The van der Waals surface area contributed by atoms with Gasteiger partial charge in [0.15, 0.2) is 0 Å². The molecule has 1 heterocycles. The molecule has 0 saturated heterocycles. The fourth-order valence-corrected chi connectivity index (χ4v) is 2.97. The van der Waals surface area contributed by atoms with Crippen molar-refractivity contribution in [2.24, 2.45) is 7.05 Å². The highest BCUT2D eigenvalue weighted by molar-refractivity contribution is 7.89. The molecule has 0 bridgehead atoms. The van der Waals surface area contributed by atoms with Crippen LogP contribution in [0.25, 0.3) is 10.9 Å². The predicted molar refractivity (Wildman–Crippen MR) is 78.8 cm³/mol. The fourth-order valence-electron chi connectivity index (χ4n) is 2.35. The minimum absolute atomic E-state index is 0.127. The van der Waals surface area contributed by atoms with E-state index in [0.717, 1.165) is 0 Å². The first kappa shape index (κ1) is 14.1. The van der Waals surface area contributed by atoms with E-state index in [1.54, 1.807) is 6.92 Å². The molecule has 2 aromatic rings. The van der Waals surface area contributed by atoms with Gasteiger partial charge in [-0.05, 0) is 31.9 Å². The highest BCUT2D eigenvalue weighted by Crippen LogP contribution is 2.24. The minimum Gasteiger partial charge on any atom is -0.348 e. The number of para-hydroxylation sites is 1. The van der Waals surface area contributed by atoms with Crippen molar-refractivity contribution < 1.29 is 8.42 Å². The van der Waals surface area contributed by atoms with Gasteiger partial charge < -0.3 is 4.57 Å². The molecule has 2 rings (SSSR count). The van der Waals surface area contributed by atoms with Crippen molar-refractivity contribution in [2.75, 3.05) is 12.3 Å². The van der Waals surface area contributed by atoms with Crippen LogP contribution in [-0.2, 0) is 23.5 Å². The van der Waals surface area contributed by atoms with Crippen LogP contribution in [0.15, 0.2) is 24.3 Å². The van der Waals surface area contributed by atoms with Gasteiger partial charge in [0.2, 0.25) is 10.0 Å². The van der Waals surface area contributed by atoms with Crippen LogP contribution < -0.4 is 4.72 Å². The first-order valence-electron chi connectivity index (χ1n) is 6.46. The first-order valence-corrected chi connectivity index (χ1v) is 8.11. The van der Waals surface area contributed by atoms with Crippen molar-refractivity contribution in [1.29, 1.82) is 0 Å². The Morgan fingerprint density at radius 1 is 1.26 bits per heavy atom. The first-order chi connectivity index (χ1) is 8.96. The number of hydrogen-bond donors (Lipinski definition) is 1. The number of rotatable bonds is 5. The summed E-state index contributed by atoms with van der Waals surface area (Å²) in [7, 11) is -1.07. The van der Waals surface area contributed by atoms with Gasteiger partial charge in [0.1, 0.15) is 0 Å². The van der Waals surface area contributed by atoms with Crippen molar-refractivity contribution >= 4 is 20.9 Å². The average Bonchev–Trinajstić information content (AvgIpc) is 2.64. The van der Waals surface area contributed by atoms with Crippen LogP contribution in [0.1, 0.15) is 18.2 Å². The Balaban J connectivity index is 2.24. The van der Waals surface area contributed by atoms with Crippen LogP contribution in [0.4, 0.5) is 0 Å². The van der Waals surface area contributed by atoms with E-state index in [0.29, 0.717) is 13.0 Å². The van der Waals surface area contributed by atoms with Gasteiger partial charge in [0.05, 0.1) is 5.75 Å². The molecule has 0 spiro atoms. The van der Waals surface area contributed by atoms with Gasteiger partial charge in [-0.1, -0.05) is 18.2 Å². The van der Waals surface area contributed by atoms with Gasteiger partial charge in [-0.2, -0.15) is 0 Å². The lowest BCUT2D eigenvalue weighted by atomic mass is 10.1. The van der Waals surface area contributed by atoms with Crippen LogP contribution in [0.5, 0.6) is 0 Å². The third kappa shape index (κ3) is 2.82. The highest BCUT2D eigenvalue weighted by Gasteiger charge is 2.12. The van der Waals surface area contributed by atoms with Crippen LogP contribution in [0.2, 0.25) is 0 Å². The summed E-state index contributed by atoms with van der Waals surface area (Å²) in [5, 5.41) is 1.21. The summed E-state index contributed by atoms with van der Waals surface area (Å²) in [4.78, 5) is 0. The van der Waals surface area contributed by atoms with E-state index in [-0.39, 0.29) is 5.75 Å². The Morgan fingerprint density at radius 2 is 1.95 bits per heavy atom. The van der Waals surface area contributed by atoms with Crippen molar-refractivity contribution in [1.82, 2.24) is 9.29 Å². The minimum atomic E-state index is -3.11. The van der Waals surface area contributed by atoms with Gasteiger partial charge in [0.25, 0.3) is 0 Å². The topological polar surface area (TPSA) is 51.1 Å². The molecule has 0 saturated carbocycles. The summed E-state index contributed by atoms with van der Waals surface area (Å²) in [6.45, 7) is 4.17. The molecule has 0 radical (unpaired) electrons. The van der Waals surface area contributed by atoms with Crippen molar-refractivity contribution in [2.45, 2.75) is 20.3 Å². The molecule has 5 heteroatoms. The number of nitrogens with one attached hydrogen (secondary N) is 1. The second-order valence-corrected chi connectivity index (χ2v) is 6.78. The predicted octanol–water partition coefficient (Wildman–Crippen LogP) is 1.97. The van der Waals surface area contributed by atoms with E-state index in [1.807, 2.05) is 19.2 Å². The molecule has 0 aliphatic carbocycles. The zero-order chi connectivity index (χ0) is 14.0.